The van der Waals surface area contributed by atoms with Crippen LogP contribution in [0.15, 0.2) is 18.7 Å². The van der Waals surface area contributed by atoms with Gasteiger partial charge in [-0.3, -0.25) is 4.52 Å². The first-order chi connectivity index (χ1) is 6.08. The molecular weight excluding hydrogens is 195 g/mol. The number of rotatable bonds is 5. The molecule has 0 aliphatic heterocycles. The normalized spacial score (nSPS) is 11.8. The van der Waals surface area contributed by atoms with Crippen molar-refractivity contribution in [3.63, 3.8) is 0 Å². The van der Waals surface area contributed by atoms with Crippen LogP contribution in [0.2, 0.25) is 0 Å². The minimum absolute atomic E-state index is 0.0441. The molecule has 0 unspecified atom stereocenters. The van der Waals surface area contributed by atoms with E-state index in [1.807, 2.05) is 4.57 Å². The van der Waals surface area contributed by atoms with Crippen molar-refractivity contribution in [2.45, 2.75) is 13.0 Å². The molecule has 0 radical (unpaired) electrons. The van der Waals surface area contributed by atoms with Gasteiger partial charge in [-0.15, -0.1) is 0 Å². The number of phosphoric ester groups is 1. The van der Waals surface area contributed by atoms with E-state index in [0.29, 0.717) is 13.0 Å². The highest BCUT2D eigenvalue weighted by molar-refractivity contribution is 7.46. The van der Waals surface area contributed by atoms with Crippen molar-refractivity contribution in [1.82, 2.24) is 9.55 Å². The number of aromatic nitrogens is 2. The molecule has 0 spiro atoms. The second-order valence-corrected chi connectivity index (χ2v) is 3.72. The summed E-state index contributed by atoms with van der Waals surface area (Å²) in [7, 11) is -4.30. The summed E-state index contributed by atoms with van der Waals surface area (Å²) < 4.78 is 16.3. The van der Waals surface area contributed by atoms with Gasteiger partial charge < -0.3 is 14.4 Å². The fraction of sp³-hybridized carbons (Fsp3) is 0.500. The lowest BCUT2D eigenvalue weighted by Gasteiger charge is -2.04. The highest BCUT2D eigenvalue weighted by atomic mass is 31.2. The lowest BCUT2D eigenvalue weighted by Crippen LogP contribution is -1.99. The Morgan fingerprint density at radius 1 is 1.54 bits per heavy atom. The van der Waals surface area contributed by atoms with Gasteiger partial charge >= 0.3 is 7.82 Å². The van der Waals surface area contributed by atoms with Crippen molar-refractivity contribution in [3.05, 3.63) is 18.7 Å². The SMILES string of the molecule is O=P(O)(O)OCCCn1ccnc1. The van der Waals surface area contributed by atoms with Crippen LogP contribution in [0.5, 0.6) is 0 Å². The van der Waals surface area contributed by atoms with Crippen LogP contribution in [0, 0.1) is 0 Å². The van der Waals surface area contributed by atoms with E-state index in [0.717, 1.165) is 0 Å². The van der Waals surface area contributed by atoms with E-state index in [-0.39, 0.29) is 6.61 Å². The minimum atomic E-state index is -4.30. The van der Waals surface area contributed by atoms with Gasteiger partial charge in [0.25, 0.3) is 0 Å². The molecule has 6 nitrogen and oxygen atoms in total. The molecule has 74 valence electrons. The van der Waals surface area contributed by atoms with Crippen molar-refractivity contribution >= 4 is 7.82 Å². The zero-order valence-corrected chi connectivity index (χ0v) is 7.80. The van der Waals surface area contributed by atoms with E-state index in [2.05, 4.69) is 9.51 Å². The van der Waals surface area contributed by atoms with Crippen molar-refractivity contribution < 1.29 is 18.9 Å². The van der Waals surface area contributed by atoms with Crippen molar-refractivity contribution in [1.29, 1.82) is 0 Å². The number of nitrogens with zero attached hydrogens (tertiary/aromatic N) is 2. The highest BCUT2D eigenvalue weighted by Gasteiger charge is 2.12. The Hall–Kier alpha value is -0.680. The molecule has 1 heterocycles. The maximum atomic E-state index is 10.2. The summed E-state index contributed by atoms with van der Waals surface area (Å²) in [6.45, 7) is 0.683. The molecule has 13 heavy (non-hydrogen) atoms. The molecule has 0 aromatic carbocycles. The average Bonchev–Trinajstić information content (AvgIpc) is 2.48. The third-order valence-electron chi connectivity index (χ3n) is 1.38. The number of phosphoric acid groups is 1. The Kier molecular flexibility index (Phi) is 3.62. The van der Waals surface area contributed by atoms with Crippen molar-refractivity contribution in [2.24, 2.45) is 0 Å². The molecule has 0 amide bonds. The first-order valence-corrected chi connectivity index (χ1v) is 5.27. The second-order valence-electron chi connectivity index (χ2n) is 2.48. The van der Waals surface area contributed by atoms with Gasteiger partial charge in [0.1, 0.15) is 0 Å². The quantitative estimate of drug-likeness (QED) is 0.537. The zero-order valence-electron chi connectivity index (χ0n) is 6.91. The smallest absolute Gasteiger partial charge is 0.337 e. The van der Waals surface area contributed by atoms with E-state index in [1.165, 1.54) is 0 Å². The molecule has 1 aromatic heterocycles. The summed E-state index contributed by atoms with van der Waals surface area (Å²) >= 11 is 0. The highest BCUT2D eigenvalue weighted by Crippen LogP contribution is 2.35. The lowest BCUT2D eigenvalue weighted by molar-refractivity contribution is 0.192. The van der Waals surface area contributed by atoms with Crippen LogP contribution in [-0.4, -0.2) is 25.9 Å². The molecule has 7 heteroatoms. The van der Waals surface area contributed by atoms with Gasteiger partial charge in [-0.1, -0.05) is 0 Å². The Balaban J connectivity index is 2.12. The van der Waals surface area contributed by atoms with Gasteiger partial charge in [0.2, 0.25) is 0 Å². The molecule has 0 fully saturated rings. The Morgan fingerprint density at radius 3 is 2.85 bits per heavy atom. The standard InChI is InChI=1S/C6H11N2O4P/c9-13(10,11)12-5-1-3-8-4-2-7-6-8/h2,4,6H,1,3,5H2,(H2,9,10,11). The largest absolute Gasteiger partial charge is 0.469 e. The number of hydrogen-bond acceptors (Lipinski definition) is 3. The topological polar surface area (TPSA) is 84.6 Å². The summed E-state index contributed by atoms with van der Waals surface area (Å²) in [5.74, 6) is 0. The summed E-state index contributed by atoms with van der Waals surface area (Å²) in [6.07, 6.45) is 5.60. The van der Waals surface area contributed by atoms with Crippen molar-refractivity contribution in [3.8, 4) is 0 Å². The number of hydrogen-bond donors (Lipinski definition) is 2. The second kappa shape index (κ2) is 4.53. The zero-order chi connectivity index (χ0) is 9.73. The lowest BCUT2D eigenvalue weighted by atomic mass is 10.4. The van der Waals surface area contributed by atoms with E-state index in [9.17, 15) is 4.57 Å². The Bertz CT molecular complexity index is 281. The van der Waals surface area contributed by atoms with Crippen LogP contribution in [-0.2, 0) is 15.6 Å². The first kappa shape index (κ1) is 10.4. The maximum absolute atomic E-state index is 10.2. The van der Waals surface area contributed by atoms with Crippen LogP contribution in [0.4, 0.5) is 0 Å². The fourth-order valence-electron chi connectivity index (χ4n) is 0.850. The molecule has 0 atom stereocenters. The first-order valence-electron chi connectivity index (χ1n) is 3.74. The Labute approximate surface area is 75.4 Å². The predicted octanol–water partition coefficient (Wildman–Crippen LogP) is 0.382. The van der Waals surface area contributed by atoms with Gasteiger partial charge in [-0.2, -0.15) is 0 Å². The molecule has 0 aliphatic rings. The summed E-state index contributed by atoms with van der Waals surface area (Å²) in [5.41, 5.74) is 0. The molecule has 2 N–H and O–H groups in total. The van der Waals surface area contributed by atoms with Crippen LogP contribution in [0.1, 0.15) is 6.42 Å². The molecule has 0 bridgehead atoms. The predicted molar refractivity (Wildman–Crippen MR) is 44.8 cm³/mol. The third kappa shape index (κ3) is 4.80. The van der Waals surface area contributed by atoms with Gasteiger partial charge in [0.15, 0.2) is 0 Å². The summed E-state index contributed by atoms with van der Waals surface area (Å²) in [4.78, 5) is 20.5. The molecular formula is C6H11N2O4P. The van der Waals surface area contributed by atoms with Gasteiger partial charge in [-0.05, 0) is 6.42 Å². The average molecular weight is 206 g/mol. The van der Waals surface area contributed by atoms with Crippen LogP contribution in [0.3, 0.4) is 0 Å². The maximum Gasteiger partial charge on any atom is 0.469 e. The van der Waals surface area contributed by atoms with Crippen molar-refractivity contribution in [2.75, 3.05) is 6.61 Å². The van der Waals surface area contributed by atoms with E-state index >= 15 is 0 Å². The van der Waals surface area contributed by atoms with E-state index < -0.39 is 7.82 Å². The molecule has 1 rings (SSSR count). The molecule has 0 saturated heterocycles. The number of imidazole rings is 1. The summed E-state index contributed by atoms with van der Waals surface area (Å²) in [6, 6.07) is 0. The molecule has 0 aliphatic carbocycles. The van der Waals surface area contributed by atoms with E-state index in [4.69, 9.17) is 9.79 Å². The van der Waals surface area contributed by atoms with Crippen LogP contribution in [0.25, 0.3) is 0 Å². The number of aryl methyl sites for hydroxylation is 1. The van der Waals surface area contributed by atoms with E-state index in [1.54, 1.807) is 18.7 Å². The van der Waals surface area contributed by atoms with Gasteiger partial charge in [0, 0.05) is 18.9 Å². The molecule has 1 aromatic rings. The van der Waals surface area contributed by atoms with Gasteiger partial charge in [0.05, 0.1) is 12.9 Å². The third-order valence-corrected chi connectivity index (χ3v) is 1.90. The fourth-order valence-corrected chi connectivity index (χ4v) is 1.22. The van der Waals surface area contributed by atoms with Gasteiger partial charge in [-0.25, -0.2) is 9.55 Å². The summed E-state index contributed by atoms with van der Waals surface area (Å²) in [5, 5.41) is 0. The Morgan fingerprint density at radius 2 is 2.31 bits per heavy atom. The monoisotopic (exact) mass is 206 g/mol. The van der Waals surface area contributed by atoms with Crippen LogP contribution < -0.4 is 0 Å². The minimum Gasteiger partial charge on any atom is -0.337 e. The van der Waals surface area contributed by atoms with Crippen LogP contribution >= 0.6 is 7.82 Å². The molecule has 0 saturated carbocycles.